The highest BCUT2D eigenvalue weighted by Gasteiger charge is 2.23. The van der Waals surface area contributed by atoms with Crippen LogP contribution in [0.4, 0.5) is 8.78 Å². The van der Waals surface area contributed by atoms with E-state index in [9.17, 15) is 17.2 Å². The van der Waals surface area contributed by atoms with Gasteiger partial charge in [-0.05, 0) is 29.8 Å². The van der Waals surface area contributed by atoms with Gasteiger partial charge in [0.2, 0.25) is 10.0 Å². The Hall–Kier alpha value is -2.58. The first-order valence-corrected chi connectivity index (χ1v) is 8.37. The molecule has 0 bridgehead atoms. The summed E-state index contributed by atoms with van der Waals surface area (Å²) in [6, 6.07) is 7.97. The first-order valence-electron chi connectivity index (χ1n) is 6.88. The van der Waals surface area contributed by atoms with Gasteiger partial charge in [-0.1, -0.05) is 12.1 Å². The number of benzene rings is 1. The number of halogens is 2. The summed E-state index contributed by atoms with van der Waals surface area (Å²) in [7, 11) is -4.32. The van der Waals surface area contributed by atoms with Crippen LogP contribution in [-0.4, -0.2) is 13.4 Å². The van der Waals surface area contributed by atoms with Crippen LogP contribution in [0.3, 0.4) is 0 Å². The third-order valence-electron chi connectivity index (χ3n) is 3.30. The first kappa shape index (κ1) is 16.3. The molecule has 3 rings (SSSR count). The Labute approximate surface area is 137 Å². The average Bonchev–Trinajstić information content (AvgIpc) is 3.07. The molecule has 0 aliphatic rings. The smallest absolute Gasteiger partial charge is 0.246 e. The Morgan fingerprint density at radius 1 is 1.08 bits per heavy atom. The van der Waals surface area contributed by atoms with Crippen LogP contribution >= 0.6 is 0 Å². The molecule has 0 saturated carbocycles. The summed E-state index contributed by atoms with van der Waals surface area (Å²) in [6.45, 7) is -0.144. The molecule has 5 nitrogen and oxygen atoms in total. The maximum atomic E-state index is 13.6. The maximum Gasteiger partial charge on any atom is 0.246 e. The van der Waals surface area contributed by atoms with E-state index in [-0.39, 0.29) is 6.54 Å². The van der Waals surface area contributed by atoms with E-state index in [1.54, 1.807) is 18.2 Å². The van der Waals surface area contributed by atoms with Gasteiger partial charge in [0.1, 0.15) is 11.6 Å². The fraction of sp³-hybridized carbons (Fsp3) is 0.0625. The number of hydrogen-bond acceptors (Lipinski definition) is 4. The third-order valence-corrected chi connectivity index (χ3v) is 4.75. The van der Waals surface area contributed by atoms with E-state index in [1.807, 2.05) is 0 Å². The number of sulfonamides is 1. The lowest BCUT2D eigenvalue weighted by Crippen LogP contribution is -2.25. The largest absolute Gasteiger partial charge is 0.472 e. The number of aromatic nitrogens is 1. The van der Waals surface area contributed by atoms with Crippen molar-refractivity contribution in [2.75, 3.05) is 0 Å². The van der Waals surface area contributed by atoms with Crippen LogP contribution in [0.1, 0.15) is 5.56 Å². The van der Waals surface area contributed by atoms with Crippen LogP contribution in [0.25, 0.3) is 11.3 Å². The van der Waals surface area contributed by atoms with Gasteiger partial charge < -0.3 is 4.42 Å². The monoisotopic (exact) mass is 350 g/mol. The summed E-state index contributed by atoms with van der Waals surface area (Å²) in [5.41, 5.74) is 1.99. The Balaban J connectivity index is 1.75. The molecule has 0 aliphatic carbocycles. The highest BCUT2D eigenvalue weighted by molar-refractivity contribution is 7.89. The second-order valence-electron chi connectivity index (χ2n) is 4.94. The standard InChI is InChI=1S/C16H12F2N2O3S/c17-13-2-1-3-14(18)16(13)24(21,22)20-9-11-4-5-15(19-8-11)12-6-7-23-10-12/h1-8,10,20H,9H2. The van der Waals surface area contributed by atoms with Crippen molar-refractivity contribution < 1.29 is 21.6 Å². The zero-order valence-electron chi connectivity index (χ0n) is 12.2. The van der Waals surface area contributed by atoms with Gasteiger partial charge in [0, 0.05) is 18.3 Å². The van der Waals surface area contributed by atoms with Crippen molar-refractivity contribution in [1.29, 1.82) is 0 Å². The van der Waals surface area contributed by atoms with Gasteiger partial charge >= 0.3 is 0 Å². The molecule has 3 aromatic rings. The normalized spacial score (nSPS) is 11.6. The van der Waals surface area contributed by atoms with E-state index in [0.717, 1.165) is 23.8 Å². The van der Waals surface area contributed by atoms with E-state index >= 15 is 0 Å². The molecule has 0 amide bonds. The van der Waals surface area contributed by atoms with Gasteiger partial charge in [-0.3, -0.25) is 4.98 Å². The molecular weight excluding hydrogens is 338 g/mol. The van der Waals surface area contributed by atoms with Crippen LogP contribution in [0.15, 0.2) is 64.4 Å². The maximum absolute atomic E-state index is 13.6. The van der Waals surface area contributed by atoms with Gasteiger partial charge in [0.05, 0.1) is 18.2 Å². The van der Waals surface area contributed by atoms with E-state index < -0.39 is 26.6 Å². The van der Waals surface area contributed by atoms with Gasteiger partial charge in [-0.25, -0.2) is 21.9 Å². The fourth-order valence-corrected chi connectivity index (χ4v) is 3.25. The van der Waals surface area contributed by atoms with Crippen LogP contribution in [0.5, 0.6) is 0 Å². The third kappa shape index (κ3) is 3.34. The molecular formula is C16H12F2N2O3S. The van der Waals surface area contributed by atoms with Crippen molar-refractivity contribution in [3.8, 4) is 11.3 Å². The van der Waals surface area contributed by atoms with Crippen molar-refractivity contribution in [2.24, 2.45) is 0 Å². The van der Waals surface area contributed by atoms with Crippen molar-refractivity contribution in [2.45, 2.75) is 11.4 Å². The summed E-state index contributed by atoms with van der Waals surface area (Å²) in [6.07, 6.45) is 4.52. The molecule has 124 valence electrons. The summed E-state index contributed by atoms with van der Waals surface area (Å²) in [5, 5.41) is 0. The van der Waals surface area contributed by atoms with Crippen molar-refractivity contribution in [1.82, 2.24) is 9.71 Å². The van der Waals surface area contributed by atoms with Crippen LogP contribution in [0, 0.1) is 11.6 Å². The summed E-state index contributed by atoms with van der Waals surface area (Å²) in [5.74, 6) is -2.29. The van der Waals surface area contributed by atoms with Crippen LogP contribution in [0.2, 0.25) is 0 Å². The predicted molar refractivity (Wildman–Crippen MR) is 82.3 cm³/mol. The van der Waals surface area contributed by atoms with Gasteiger partial charge in [0.25, 0.3) is 0 Å². The average molecular weight is 350 g/mol. The SMILES string of the molecule is O=S(=O)(NCc1ccc(-c2ccoc2)nc1)c1c(F)cccc1F. The van der Waals surface area contributed by atoms with Gasteiger partial charge in [-0.2, -0.15) is 0 Å². The van der Waals surface area contributed by atoms with Crippen molar-refractivity contribution in [3.63, 3.8) is 0 Å². The molecule has 0 aliphatic heterocycles. The molecule has 8 heteroatoms. The zero-order valence-corrected chi connectivity index (χ0v) is 13.1. The number of rotatable bonds is 5. The minimum absolute atomic E-state index is 0.144. The Morgan fingerprint density at radius 3 is 2.42 bits per heavy atom. The lowest BCUT2D eigenvalue weighted by Gasteiger charge is -2.08. The highest BCUT2D eigenvalue weighted by Crippen LogP contribution is 2.19. The quantitative estimate of drug-likeness (QED) is 0.767. The molecule has 0 saturated heterocycles. The topological polar surface area (TPSA) is 72.2 Å². The molecule has 2 aromatic heterocycles. The number of hydrogen-bond donors (Lipinski definition) is 1. The van der Waals surface area contributed by atoms with Crippen LogP contribution < -0.4 is 4.72 Å². The molecule has 1 aromatic carbocycles. The zero-order chi connectivity index (χ0) is 17.2. The van der Waals surface area contributed by atoms with Gasteiger partial charge in [0.15, 0.2) is 4.90 Å². The van der Waals surface area contributed by atoms with E-state index in [0.29, 0.717) is 11.3 Å². The Kier molecular flexibility index (Phi) is 4.41. The Morgan fingerprint density at radius 2 is 1.83 bits per heavy atom. The Bertz CT molecular complexity index is 920. The number of pyridine rings is 1. The summed E-state index contributed by atoms with van der Waals surface area (Å²) < 4.78 is 58.5. The number of nitrogens with one attached hydrogen (secondary N) is 1. The molecule has 2 heterocycles. The predicted octanol–water partition coefficient (Wildman–Crippen LogP) is 3.10. The first-order chi connectivity index (χ1) is 11.5. The van der Waals surface area contributed by atoms with E-state index in [4.69, 9.17) is 4.42 Å². The molecule has 24 heavy (non-hydrogen) atoms. The summed E-state index contributed by atoms with van der Waals surface area (Å²) >= 11 is 0. The number of furan rings is 1. The van der Waals surface area contributed by atoms with E-state index in [1.165, 1.54) is 18.7 Å². The minimum atomic E-state index is -4.32. The van der Waals surface area contributed by atoms with Gasteiger partial charge in [-0.15, -0.1) is 0 Å². The lowest BCUT2D eigenvalue weighted by molar-refractivity contribution is 0.514. The fourth-order valence-electron chi connectivity index (χ4n) is 2.10. The van der Waals surface area contributed by atoms with Crippen LogP contribution in [-0.2, 0) is 16.6 Å². The molecule has 0 atom stereocenters. The van der Waals surface area contributed by atoms with Crippen molar-refractivity contribution >= 4 is 10.0 Å². The molecule has 0 fully saturated rings. The molecule has 0 unspecified atom stereocenters. The molecule has 1 N–H and O–H groups in total. The summed E-state index contributed by atoms with van der Waals surface area (Å²) in [4.78, 5) is 3.19. The minimum Gasteiger partial charge on any atom is -0.472 e. The number of nitrogens with zero attached hydrogens (tertiary/aromatic N) is 1. The van der Waals surface area contributed by atoms with E-state index in [2.05, 4.69) is 9.71 Å². The second-order valence-corrected chi connectivity index (χ2v) is 6.64. The second kappa shape index (κ2) is 6.50. The van der Waals surface area contributed by atoms with Crippen molar-refractivity contribution in [3.05, 3.63) is 72.3 Å². The molecule has 0 radical (unpaired) electrons. The lowest BCUT2D eigenvalue weighted by atomic mass is 10.2. The highest BCUT2D eigenvalue weighted by atomic mass is 32.2. The molecule has 0 spiro atoms.